The molecule has 1 aromatic carbocycles. The second-order valence-corrected chi connectivity index (χ2v) is 4.01. The van der Waals surface area contributed by atoms with Gasteiger partial charge in [-0.25, -0.2) is 0 Å². The summed E-state index contributed by atoms with van der Waals surface area (Å²) in [6, 6.07) is 5.75. The smallest absolute Gasteiger partial charge is 0.537 e. The average Bonchev–Trinajstić information content (AvgIpc) is 2.03. The van der Waals surface area contributed by atoms with Gasteiger partial charge in [-0.05, 0) is 29.7 Å². The molecule has 2 nitrogen and oxygen atoms in total. The van der Waals surface area contributed by atoms with E-state index in [1.807, 2.05) is 12.1 Å². The minimum atomic E-state index is 0.443. The molecule has 0 atom stereocenters. The van der Waals surface area contributed by atoms with Crippen molar-refractivity contribution in [1.29, 1.82) is 0 Å². The standard InChI is InChI=1S/C9H11BBrO2/c1-6(2)7-3-8(11)5-9(4-7)13-10-12/h3-6,12H,1-2H3. The highest BCUT2D eigenvalue weighted by Crippen LogP contribution is 2.25. The molecular formula is C9H11BBrO2. The Balaban J connectivity index is 2.96. The molecule has 0 amide bonds. The molecule has 0 heterocycles. The number of hydrogen-bond donors (Lipinski definition) is 1. The molecule has 1 radical (unpaired) electrons. The predicted molar refractivity (Wildman–Crippen MR) is 56.8 cm³/mol. The molecule has 0 aliphatic carbocycles. The van der Waals surface area contributed by atoms with Crippen molar-refractivity contribution >= 4 is 23.6 Å². The number of rotatable bonds is 3. The summed E-state index contributed by atoms with van der Waals surface area (Å²) in [5, 5.41) is 8.48. The quantitative estimate of drug-likeness (QED) is 0.825. The average molecular weight is 242 g/mol. The van der Waals surface area contributed by atoms with Crippen LogP contribution in [0.2, 0.25) is 0 Å². The van der Waals surface area contributed by atoms with E-state index in [0.717, 1.165) is 4.47 Å². The highest BCUT2D eigenvalue weighted by atomic mass is 79.9. The Morgan fingerprint density at radius 3 is 2.62 bits per heavy atom. The SMILES string of the molecule is CC(C)c1cc(Br)cc(O[B]O)c1. The van der Waals surface area contributed by atoms with E-state index >= 15 is 0 Å². The maximum atomic E-state index is 8.48. The first-order valence-corrected chi connectivity index (χ1v) is 4.86. The Hall–Kier alpha value is -0.475. The molecule has 13 heavy (non-hydrogen) atoms. The lowest BCUT2D eigenvalue weighted by molar-refractivity contribution is 0.453. The molecule has 0 unspecified atom stereocenters. The first-order valence-electron chi connectivity index (χ1n) is 4.06. The van der Waals surface area contributed by atoms with Crippen LogP contribution in [-0.2, 0) is 0 Å². The molecule has 0 fully saturated rings. The molecule has 0 aliphatic rings. The van der Waals surface area contributed by atoms with Crippen LogP contribution in [0.15, 0.2) is 22.7 Å². The molecule has 0 aliphatic heterocycles. The fourth-order valence-electron chi connectivity index (χ4n) is 1.05. The number of hydrogen-bond acceptors (Lipinski definition) is 2. The Bertz CT molecular complexity index is 289. The van der Waals surface area contributed by atoms with Gasteiger partial charge in [0.25, 0.3) is 0 Å². The summed E-state index contributed by atoms with van der Waals surface area (Å²) in [5.74, 6) is 1.08. The van der Waals surface area contributed by atoms with Crippen molar-refractivity contribution in [1.82, 2.24) is 0 Å². The summed E-state index contributed by atoms with van der Waals surface area (Å²) in [5.41, 5.74) is 1.17. The van der Waals surface area contributed by atoms with E-state index in [2.05, 4.69) is 29.8 Å². The van der Waals surface area contributed by atoms with E-state index in [1.54, 1.807) is 6.07 Å². The topological polar surface area (TPSA) is 29.5 Å². The second-order valence-electron chi connectivity index (χ2n) is 3.10. The van der Waals surface area contributed by atoms with Gasteiger partial charge in [-0.15, -0.1) is 0 Å². The van der Waals surface area contributed by atoms with Crippen LogP contribution in [0.5, 0.6) is 5.75 Å². The van der Waals surface area contributed by atoms with Gasteiger partial charge in [-0.3, -0.25) is 0 Å². The Kier molecular flexibility index (Phi) is 3.81. The van der Waals surface area contributed by atoms with Crippen molar-refractivity contribution in [3.8, 4) is 5.75 Å². The molecule has 4 heteroatoms. The third-order valence-corrected chi connectivity index (χ3v) is 2.21. The molecule has 0 saturated carbocycles. The van der Waals surface area contributed by atoms with E-state index in [0.29, 0.717) is 19.4 Å². The fourth-order valence-corrected chi connectivity index (χ4v) is 1.54. The van der Waals surface area contributed by atoms with E-state index in [9.17, 15) is 0 Å². The van der Waals surface area contributed by atoms with Crippen LogP contribution >= 0.6 is 15.9 Å². The van der Waals surface area contributed by atoms with Crippen LogP contribution in [0.3, 0.4) is 0 Å². The Morgan fingerprint density at radius 1 is 1.38 bits per heavy atom. The van der Waals surface area contributed by atoms with Gasteiger partial charge in [0.1, 0.15) is 5.75 Å². The van der Waals surface area contributed by atoms with Crippen molar-refractivity contribution in [2.75, 3.05) is 0 Å². The molecule has 1 N–H and O–H groups in total. The molecule has 0 saturated heterocycles. The normalized spacial score (nSPS) is 10.2. The Labute approximate surface area is 87.4 Å². The van der Waals surface area contributed by atoms with Crippen LogP contribution < -0.4 is 4.65 Å². The second kappa shape index (κ2) is 4.68. The summed E-state index contributed by atoms with van der Waals surface area (Å²) in [7, 11) is 0.686. The zero-order chi connectivity index (χ0) is 9.84. The van der Waals surface area contributed by atoms with Gasteiger partial charge in [-0.2, -0.15) is 0 Å². The maximum Gasteiger partial charge on any atom is 0.569 e. The van der Waals surface area contributed by atoms with Gasteiger partial charge < -0.3 is 9.68 Å². The van der Waals surface area contributed by atoms with E-state index < -0.39 is 0 Å². The van der Waals surface area contributed by atoms with Crippen LogP contribution in [0.25, 0.3) is 0 Å². The highest BCUT2D eigenvalue weighted by molar-refractivity contribution is 9.10. The van der Waals surface area contributed by atoms with Gasteiger partial charge in [0.2, 0.25) is 0 Å². The zero-order valence-corrected chi connectivity index (χ0v) is 9.21. The van der Waals surface area contributed by atoms with Crippen LogP contribution in [0.4, 0.5) is 0 Å². The largest absolute Gasteiger partial charge is 0.569 e. The number of halogens is 1. The molecule has 1 aromatic rings. The van der Waals surface area contributed by atoms with Crippen molar-refractivity contribution in [3.05, 3.63) is 28.2 Å². The van der Waals surface area contributed by atoms with Gasteiger partial charge in [0.15, 0.2) is 0 Å². The molecule has 69 valence electrons. The summed E-state index contributed by atoms with van der Waals surface area (Å²) in [6.07, 6.45) is 0. The van der Waals surface area contributed by atoms with Gasteiger partial charge in [0.05, 0.1) is 0 Å². The minimum Gasteiger partial charge on any atom is -0.537 e. The zero-order valence-electron chi connectivity index (χ0n) is 7.62. The first kappa shape index (κ1) is 10.6. The lowest BCUT2D eigenvalue weighted by atomic mass is 10.0. The lowest BCUT2D eigenvalue weighted by Crippen LogP contribution is -2.00. The van der Waals surface area contributed by atoms with Crippen LogP contribution in [0, 0.1) is 0 Å². The lowest BCUT2D eigenvalue weighted by Gasteiger charge is -2.09. The third kappa shape index (κ3) is 3.05. The summed E-state index contributed by atoms with van der Waals surface area (Å²) in [6.45, 7) is 4.21. The summed E-state index contributed by atoms with van der Waals surface area (Å²) < 4.78 is 5.83. The van der Waals surface area contributed by atoms with E-state index in [4.69, 9.17) is 9.68 Å². The number of benzene rings is 1. The van der Waals surface area contributed by atoms with Crippen molar-refractivity contribution in [2.24, 2.45) is 0 Å². The van der Waals surface area contributed by atoms with Crippen LogP contribution in [0.1, 0.15) is 25.3 Å². The third-order valence-electron chi connectivity index (χ3n) is 1.75. The van der Waals surface area contributed by atoms with Crippen molar-refractivity contribution in [2.45, 2.75) is 19.8 Å². The fraction of sp³-hybridized carbons (Fsp3) is 0.333. The van der Waals surface area contributed by atoms with E-state index in [1.165, 1.54) is 5.56 Å². The molecule has 0 spiro atoms. The minimum absolute atomic E-state index is 0.443. The van der Waals surface area contributed by atoms with Gasteiger partial charge >= 0.3 is 7.69 Å². The van der Waals surface area contributed by atoms with Gasteiger partial charge in [-0.1, -0.05) is 29.8 Å². The highest BCUT2D eigenvalue weighted by Gasteiger charge is 2.03. The van der Waals surface area contributed by atoms with Crippen molar-refractivity contribution in [3.63, 3.8) is 0 Å². The van der Waals surface area contributed by atoms with Crippen molar-refractivity contribution < 1.29 is 9.68 Å². The first-order chi connectivity index (χ1) is 6.13. The van der Waals surface area contributed by atoms with Gasteiger partial charge in [0, 0.05) is 4.47 Å². The molecule has 0 bridgehead atoms. The summed E-state index contributed by atoms with van der Waals surface area (Å²) >= 11 is 3.38. The molecular weight excluding hydrogens is 231 g/mol. The predicted octanol–water partition coefficient (Wildman–Crippen LogP) is 2.48. The maximum absolute atomic E-state index is 8.48. The Morgan fingerprint density at radius 2 is 2.08 bits per heavy atom. The molecule has 1 rings (SSSR count). The van der Waals surface area contributed by atoms with E-state index in [-0.39, 0.29) is 0 Å². The monoisotopic (exact) mass is 241 g/mol. The van der Waals surface area contributed by atoms with Crippen LogP contribution in [-0.4, -0.2) is 12.7 Å². The molecule has 0 aromatic heterocycles. The summed E-state index contributed by atoms with van der Waals surface area (Å²) in [4.78, 5) is 0.